The number of carbonyl (C=O) groups excluding carboxylic acids is 2. The molecule has 236 valence electrons. The van der Waals surface area contributed by atoms with E-state index in [0.717, 1.165) is 54.3 Å². The van der Waals surface area contributed by atoms with Gasteiger partial charge in [-0.1, -0.05) is 49.0 Å². The van der Waals surface area contributed by atoms with Crippen LogP contribution >= 0.6 is 23.2 Å². The van der Waals surface area contributed by atoms with Crippen LogP contribution in [0.2, 0.25) is 10.0 Å². The molecule has 0 radical (unpaired) electrons. The summed E-state index contributed by atoms with van der Waals surface area (Å²) in [5.74, 6) is -0.983. The second-order valence-corrected chi connectivity index (χ2v) is 13.3. The third kappa shape index (κ3) is 8.22. The summed E-state index contributed by atoms with van der Waals surface area (Å²) in [6.45, 7) is 3.41. The summed E-state index contributed by atoms with van der Waals surface area (Å²) in [5, 5.41) is 3.70. The second kappa shape index (κ2) is 15.1. The van der Waals surface area contributed by atoms with E-state index in [-0.39, 0.29) is 34.1 Å². The molecular weight excluding hydrogens is 628 g/mol. The van der Waals surface area contributed by atoms with Crippen molar-refractivity contribution in [1.82, 2.24) is 10.2 Å². The van der Waals surface area contributed by atoms with Crippen molar-refractivity contribution in [2.45, 2.75) is 69.5 Å². The van der Waals surface area contributed by atoms with Gasteiger partial charge in [-0.15, -0.1) is 0 Å². The fourth-order valence-corrected chi connectivity index (χ4v) is 6.99. The van der Waals surface area contributed by atoms with Crippen LogP contribution in [0.3, 0.4) is 0 Å². The summed E-state index contributed by atoms with van der Waals surface area (Å²) >= 11 is 12.4. The minimum absolute atomic E-state index is 0.0139. The Bertz CT molecular complexity index is 1550. The summed E-state index contributed by atoms with van der Waals surface area (Å²) in [4.78, 5) is 29.0. The number of carbonyl (C=O) groups is 2. The largest absolute Gasteiger partial charge is 0.494 e. The van der Waals surface area contributed by atoms with Gasteiger partial charge >= 0.3 is 0 Å². The van der Waals surface area contributed by atoms with Crippen molar-refractivity contribution in [2.24, 2.45) is 0 Å². The molecule has 44 heavy (non-hydrogen) atoms. The van der Waals surface area contributed by atoms with Gasteiger partial charge in [0.2, 0.25) is 11.8 Å². The highest BCUT2D eigenvalue weighted by atomic mass is 35.5. The van der Waals surface area contributed by atoms with Gasteiger partial charge in [0.1, 0.15) is 24.2 Å². The summed E-state index contributed by atoms with van der Waals surface area (Å²) in [7, 11) is -4.34. The molecule has 0 unspecified atom stereocenters. The lowest BCUT2D eigenvalue weighted by Crippen LogP contribution is -2.53. The van der Waals surface area contributed by atoms with Gasteiger partial charge in [-0.2, -0.15) is 0 Å². The molecule has 0 aliphatic heterocycles. The number of hydrogen-bond donors (Lipinski definition) is 1. The molecule has 1 fully saturated rings. The predicted molar refractivity (Wildman–Crippen MR) is 170 cm³/mol. The minimum Gasteiger partial charge on any atom is -0.494 e. The van der Waals surface area contributed by atoms with Gasteiger partial charge in [-0.25, -0.2) is 12.8 Å². The number of amides is 2. The zero-order valence-corrected chi connectivity index (χ0v) is 27.0. The van der Waals surface area contributed by atoms with Crippen molar-refractivity contribution >= 4 is 50.7 Å². The summed E-state index contributed by atoms with van der Waals surface area (Å²) in [6, 6.07) is 14.7. The van der Waals surface area contributed by atoms with Crippen LogP contribution in [-0.4, -0.2) is 50.4 Å². The number of sulfonamides is 1. The lowest BCUT2D eigenvalue weighted by atomic mass is 10.1. The van der Waals surface area contributed by atoms with Crippen LogP contribution in [0.25, 0.3) is 0 Å². The van der Waals surface area contributed by atoms with Gasteiger partial charge in [-0.05, 0) is 92.4 Å². The molecule has 3 aromatic rings. The second-order valence-electron chi connectivity index (χ2n) is 10.6. The molecule has 0 saturated heterocycles. The van der Waals surface area contributed by atoms with Crippen molar-refractivity contribution in [3.8, 4) is 5.75 Å². The van der Waals surface area contributed by atoms with Crippen LogP contribution in [-0.2, 0) is 26.2 Å². The maximum atomic E-state index is 14.2. The minimum atomic E-state index is -4.34. The number of nitrogens with zero attached hydrogens (tertiary/aromatic N) is 2. The van der Waals surface area contributed by atoms with Crippen molar-refractivity contribution in [3.63, 3.8) is 0 Å². The lowest BCUT2D eigenvalue weighted by Gasteiger charge is -2.34. The molecule has 0 spiro atoms. The zero-order valence-electron chi connectivity index (χ0n) is 24.6. The first kappa shape index (κ1) is 33.6. The molecule has 12 heteroatoms. The Morgan fingerprint density at radius 2 is 1.64 bits per heavy atom. The van der Waals surface area contributed by atoms with Crippen LogP contribution < -0.4 is 14.4 Å². The third-order valence-corrected chi connectivity index (χ3v) is 10.1. The van der Waals surface area contributed by atoms with E-state index in [9.17, 15) is 22.4 Å². The van der Waals surface area contributed by atoms with E-state index < -0.39 is 34.3 Å². The van der Waals surface area contributed by atoms with Crippen LogP contribution in [0.1, 0.15) is 51.5 Å². The normalized spacial score (nSPS) is 14.2. The van der Waals surface area contributed by atoms with Gasteiger partial charge in [0.05, 0.1) is 27.2 Å². The molecule has 0 aromatic heterocycles. The zero-order chi connectivity index (χ0) is 31.9. The lowest BCUT2D eigenvalue weighted by molar-refractivity contribution is -0.140. The van der Waals surface area contributed by atoms with Crippen molar-refractivity contribution < 1.29 is 27.1 Å². The van der Waals surface area contributed by atoms with E-state index in [2.05, 4.69) is 5.32 Å². The van der Waals surface area contributed by atoms with Crippen molar-refractivity contribution in [3.05, 3.63) is 88.2 Å². The monoisotopic (exact) mass is 663 g/mol. The van der Waals surface area contributed by atoms with Crippen LogP contribution in [0.5, 0.6) is 5.75 Å². The van der Waals surface area contributed by atoms with Gasteiger partial charge in [0.25, 0.3) is 10.0 Å². The maximum absolute atomic E-state index is 14.2. The molecule has 1 atom stereocenters. The first-order valence-corrected chi connectivity index (χ1v) is 16.8. The van der Waals surface area contributed by atoms with Gasteiger partial charge in [-0.3, -0.25) is 13.9 Å². The van der Waals surface area contributed by atoms with Gasteiger partial charge < -0.3 is 15.0 Å². The summed E-state index contributed by atoms with van der Waals surface area (Å²) in [5.41, 5.74) is 0.818. The summed E-state index contributed by atoms with van der Waals surface area (Å²) in [6.07, 6.45) is 4.06. The maximum Gasteiger partial charge on any atom is 0.264 e. The quantitative estimate of drug-likeness (QED) is 0.223. The Kier molecular flexibility index (Phi) is 11.5. The average molecular weight is 665 g/mol. The Morgan fingerprint density at radius 3 is 2.23 bits per heavy atom. The van der Waals surface area contributed by atoms with Crippen LogP contribution in [0.15, 0.2) is 71.6 Å². The average Bonchev–Trinajstić information content (AvgIpc) is 3.51. The van der Waals surface area contributed by atoms with E-state index in [1.165, 1.54) is 17.0 Å². The SMILES string of the molecule is CCOc1ccc(N(CC(=O)N(Cc2ccc(Cl)c(Cl)c2)[C@@H](CC)C(=O)NC2CCCC2)S(=O)(=O)c2ccc(F)cc2)cc1. The molecule has 3 aromatic carbocycles. The smallest absolute Gasteiger partial charge is 0.264 e. The molecule has 0 bridgehead atoms. The number of halogens is 3. The Morgan fingerprint density at radius 1 is 0.977 bits per heavy atom. The molecule has 1 saturated carbocycles. The Hall–Kier alpha value is -3.34. The topological polar surface area (TPSA) is 96.0 Å². The number of hydrogen-bond acceptors (Lipinski definition) is 5. The van der Waals surface area contributed by atoms with Crippen LogP contribution in [0.4, 0.5) is 10.1 Å². The number of ether oxygens (including phenoxy) is 1. The highest BCUT2D eigenvalue weighted by molar-refractivity contribution is 7.92. The first-order valence-electron chi connectivity index (χ1n) is 14.6. The highest BCUT2D eigenvalue weighted by Crippen LogP contribution is 2.28. The highest BCUT2D eigenvalue weighted by Gasteiger charge is 2.34. The van der Waals surface area contributed by atoms with Crippen molar-refractivity contribution in [2.75, 3.05) is 17.5 Å². The van der Waals surface area contributed by atoms with Gasteiger partial charge in [0, 0.05) is 12.6 Å². The standard InChI is InChI=1S/C32H36Cl2FN3O5S/c1-3-30(32(40)36-24-7-5-6-8-24)37(20-22-9-18-28(33)29(34)19-22)31(39)21-38(25-12-14-26(15-13-25)43-4-2)44(41,42)27-16-10-23(35)11-17-27/h9-19,24,30H,3-8,20-21H2,1-2H3,(H,36,40)/t30-/m0/s1. The molecular formula is C32H36Cl2FN3O5S. The third-order valence-electron chi connectivity index (χ3n) is 7.54. The molecule has 1 aliphatic carbocycles. The predicted octanol–water partition coefficient (Wildman–Crippen LogP) is 6.59. The van der Waals surface area contributed by atoms with E-state index in [1.807, 2.05) is 6.92 Å². The fourth-order valence-electron chi connectivity index (χ4n) is 5.26. The Labute approximate surface area is 268 Å². The molecule has 8 nitrogen and oxygen atoms in total. The molecule has 1 N–H and O–H groups in total. The van der Waals surface area contributed by atoms with E-state index >= 15 is 0 Å². The van der Waals surface area contributed by atoms with E-state index in [1.54, 1.807) is 37.3 Å². The Balaban J connectivity index is 1.72. The first-order chi connectivity index (χ1) is 21.0. The number of nitrogens with one attached hydrogen (secondary N) is 1. The number of anilines is 1. The van der Waals surface area contributed by atoms with E-state index in [0.29, 0.717) is 29.4 Å². The van der Waals surface area contributed by atoms with Crippen LogP contribution in [0, 0.1) is 5.82 Å². The molecule has 1 aliphatic rings. The molecule has 0 heterocycles. The van der Waals surface area contributed by atoms with Gasteiger partial charge in [0.15, 0.2) is 0 Å². The number of rotatable bonds is 13. The fraction of sp³-hybridized carbons (Fsp3) is 0.375. The molecule has 2 amide bonds. The van der Waals surface area contributed by atoms with Crippen molar-refractivity contribution in [1.29, 1.82) is 0 Å². The summed E-state index contributed by atoms with van der Waals surface area (Å²) < 4.78 is 48.1. The van der Waals surface area contributed by atoms with E-state index in [4.69, 9.17) is 27.9 Å². The molecule has 4 rings (SSSR count). The number of benzene rings is 3.